The number of carbonyl (C=O) groups is 1. The molecule has 3 heterocycles. The monoisotopic (exact) mass is 492 g/mol. The SMILES string of the molecule is Cc1c(OC2CCN(C)CC2)ccc2cc(CC(=O)c3cn(-c4ccc(Cl)cc4)nn3)c(=O)oc12. The Morgan fingerprint density at radius 1 is 1.17 bits per heavy atom. The standard InChI is InChI=1S/C26H25ClN4O4/c1-16-24(34-21-9-11-30(2)12-10-21)8-3-17-13-18(26(33)35-25(16)17)14-23(32)22-15-31(29-28-22)20-6-4-19(27)5-7-20/h3-8,13,15,21H,9-12,14H2,1-2H3. The number of nitrogens with zero attached hydrogens (tertiary/aromatic N) is 4. The van der Waals surface area contributed by atoms with Crippen molar-refractivity contribution in [3.63, 3.8) is 0 Å². The second kappa shape index (κ2) is 9.64. The van der Waals surface area contributed by atoms with Crippen LogP contribution in [-0.2, 0) is 6.42 Å². The Morgan fingerprint density at radius 2 is 1.91 bits per heavy atom. The Hall–Kier alpha value is -3.49. The minimum atomic E-state index is -0.546. The number of likely N-dealkylation sites (tertiary alicyclic amines) is 1. The van der Waals surface area contributed by atoms with Gasteiger partial charge in [0.2, 0.25) is 0 Å². The third-order valence-corrected chi connectivity index (χ3v) is 6.61. The number of aromatic nitrogens is 3. The van der Waals surface area contributed by atoms with Gasteiger partial charge >= 0.3 is 5.63 Å². The van der Waals surface area contributed by atoms with Gasteiger partial charge in [0.05, 0.1) is 11.9 Å². The van der Waals surface area contributed by atoms with E-state index in [0.717, 1.165) is 48.3 Å². The van der Waals surface area contributed by atoms with Gasteiger partial charge in [-0.05, 0) is 69.3 Å². The maximum absolute atomic E-state index is 12.8. The average Bonchev–Trinajstić information content (AvgIpc) is 3.34. The van der Waals surface area contributed by atoms with Crippen molar-refractivity contribution in [1.82, 2.24) is 19.9 Å². The molecule has 0 N–H and O–H groups in total. The predicted octanol–water partition coefficient (Wildman–Crippen LogP) is 4.23. The Kier molecular flexibility index (Phi) is 6.40. The molecule has 4 aromatic rings. The zero-order valence-corrected chi connectivity index (χ0v) is 20.3. The van der Waals surface area contributed by atoms with E-state index in [1.807, 2.05) is 19.1 Å². The molecule has 9 heteroatoms. The molecule has 1 aliphatic heterocycles. The number of ether oxygens (including phenoxy) is 1. The van der Waals surface area contributed by atoms with Gasteiger partial charge in [-0.25, -0.2) is 9.48 Å². The summed E-state index contributed by atoms with van der Waals surface area (Å²) in [5.74, 6) is 0.397. The maximum Gasteiger partial charge on any atom is 0.339 e. The fourth-order valence-electron chi connectivity index (χ4n) is 4.26. The third kappa shape index (κ3) is 4.99. The highest BCUT2D eigenvalue weighted by atomic mass is 35.5. The summed E-state index contributed by atoms with van der Waals surface area (Å²) in [4.78, 5) is 27.8. The lowest BCUT2D eigenvalue weighted by Gasteiger charge is -2.29. The van der Waals surface area contributed by atoms with Gasteiger partial charge in [0, 0.05) is 41.0 Å². The van der Waals surface area contributed by atoms with E-state index in [4.69, 9.17) is 20.8 Å². The van der Waals surface area contributed by atoms with Gasteiger partial charge in [-0.15, -0.1) is 5.10 Å². The molecular formula is C26H25ClN4O4. The van der Waals surface area contributed by atoms with Crippen LogP contribution in [0.2, 0.25) is 5.02 Å². The third-order valence-electron chi connectivity index (χ3n) is 6.35. The quantitative estimate of drug-likeness (QED) is 0.294. The first-order valence-electron chi connectivity index (χ1n) is 11.5. The highest BCUT2D eigenvalue weighted by Crippen LogP contribution is 2.29. The first kappa shape index (κ1) is 23.3. The van der Waals surface area contributed by atoms with E-state index >= 15 is 0 Å². The van der Waals surface area contributed by atoms with Gasteiger partial charge in [-0.3, -0.25) is 4.79 Å². The second-order valence-corrected chi connectivity index (χ2v) is 9.35. The number of hydrogen-bond acceptors (Lipinski definition) is 7. The van der Waals surface area contributed by atoms with Crippen LogP contribution in [0, 0.1) is 6.92 Å². The summed E-state index contributed by atoms with van der Waals surface area (Å²) in [5, 5.41) is 9.32. The Bertz CT molecular complexity index is 1440. The van der Waals surface area contributed by atoms with Crippen LogP contribution in [0.25, 0.3) is 16.7 Å². The van der Waals surface area contributed by atoms with E-state index in [0.29, 0.717) is 10.6 Å². The van der Waals surface area contributed by atoms with Gasteiger partial charge in [0.25, 0.3) is 0 Å². The highest BCUT2D eigenvalue weighted by molar-refractivity contribution is 6.30. The van der Waals surface area contributed by atoms with Crippen LogP contribution in [0.15, 0.2) is 57.9 Å². The normalized spacial score (nSPS) is 14.9. The van der Waals surface area contributed by atoms with Crippen molar-refractivity contribution in [3.8, 4) is 11.4 Å². The van der Waals surface area contributed by atoms with Gasteiger partial charge < -0.3 is 14.1 Å². The van der Waals surface area contributed by atoms with E-state index < -0.39 is 5.63 Å². The zero-order valence-electron chi connectivity index (χ0n) is 19.5. The van der Waals surface area contributed by atoms with Crippen molar-refractivity contribution in [2.75, 3.05) is 20.1 Å². The van der Waals surface area contributed by atoms with Crippen molar-refractivity contribution in [1.29, 1.82) is 0 Å². The lowest BCUT2D eigenvalue weighted by atomic mass is 10.0. The van der Waals surface area contributed by atoms with Crippen LogP contribution in [0.1, 0.15) is 34.5 Å². The number of rotatable bonds is 6. The summed E-state index contributed by atoms with van der Waals surface area (Å²) >= 11 is 5.92. The van der Waals surface area contributed by atoms with Crippen LogP contribution in [-0.4, -0.2) is 51.9 Å². The molecule has 1 saturated heterocycles. The van der Waals surface area contributed by atoms with Crippen LogP contribution >= 0.6 is 11.6 Å². The van der Waals surface area contributed by atoms with Crippen molar-refractivity contribution >= 4 is 28.4 Å². The van der Waals surface area contributed by atoms with E-state index in [2.05, 4.69) is 22.3 Å². The van der Waals surface area contributed by atoms with Crippen LogP contribution < -0.4 is 10.4 Å². The predicted molar refractivity (Wildman–Crippen MR) is 133 cm³/mol. The largest absolute Gasteiger partial charge is 0.490 e. The molecule has 0 unspecified atom stereocenters. The first-order chi connectivity index (χ1) is 16.9. The second-order valence-electron chi connectivity index (χ2n) is 8.91. The molecule has 35 heavy (non-hydrogen) atoms. The molecular weight excluding hydrogens is 468 g/mol. The van der Waals surface area contributed by atoms with E-state index in [9.17, 15) is 9.59 Å². The number of aryl methyl sites for hydroxylation is 1. The number of halogens is 1. The highest BCUT2D eigenvalue weighted by Gasteiger charge is 2.21. The minimum absolute atomic E-state index is 0.134. The summed E-state index contributed by atoms with van der Waals surface area (Å²) in [6.45, 7) is 3.88. The lowest BCUT2D eigenvalue weighted by molar-refractivity contribution is 0.0987. The smallest absolute Gasteiger partial charge is 0.339 e. The van der Waals surface area contributed by atoms with Crippen LogP contribution in [0.3, 0.4) is 0 Å². The van der Waals surface area contributed by atoms with Crippen molar-refractivity contribution in [3.05, 3.63) is 80.9 Å². The molecule has 5 rings (SSSR count). The molecule has 0 spiro atoms. The molecule has 1 fully saturated rings. The molecule has 2 aromatic heterocycles. The number of hydrogen-bond donors (Lipinski definition) is 0. The fraction of sp³-hybridized carbons (Fsp3) is 0.308. The number of benzene rings is 2. The number of carbonyl (C=O) groups excluding carboxylic acids is 1. The van der Waals surface area contributed by atoms with Gasteiger partial charge in [0.15, 0.2) is 5.78 Å². The summed E-state index contributed by atoms with van der Waals surface area (Å²) in [6.07, 6.45) is 3.46. The molecule has 8 nitrogen and oxygen atoms in total. The molecule has 0 amide bonds. The van der Waals surface area contributed by atoms with Crippen LogP contribution in [0.5, 0.6) is 5.75 Å². The molecule has 0 radical (unpaired) electrons. The van der Waals surface area contributed by atoms with Gasteiger partial charge in [-0.1, -0.05) is 16.8 Å². The van der Waals surface area contributed by atoms with Gasteiger partial charge in [-0.2, -0.15) is 0 Å². The average molecular weight is 493 g/mol. The number of fused-ring (bicyclic) bond motifs is 1. The summed E-state index contributed by atoms with van der Waals surface area (Å²) in [6, 6.07) is 12.5. The number of piperidine rings is 1. The number of Topliss-reactive ketones (excluding diaryl/α,β-unsaturated/α-hetero) is 1. The molecule has 1 aliphatic rings. The maximum atomic E-state index is 12.8. The first-order valence-corrected chi connectivity index (χ1v) is 11.9. The van der Waals surface area contributed by atoms with E-state index in [1.54, 1.807) is 30.3 Å². The Morgan fingerprint density at radius 3 is 2.66 bits per heavy atom. The fourth-order valence-corrected chi connectivity index (χ4v) is 4.38. The van der Waals surface area contributed by atoms with E-state index in [1.165, 1.54) is 10.9 Å². The van der Waals surface area contributed by atoms with Crippen molar-refractivity contribution < 1.29 is 13.9 Å². The van der Waals surface area contributed by atoms with Crippen molar-refractivity contribution in [2.24, 2.45) is 0 Å². The van der Waals surface area contributed by atoms with E-state index in [-0.39, 0.29) is 29.6 Å². The minimum Gasteiger partial charge on any atom is -0.490 e. The zero-order chi connectivity index (χ0) is 24.5. The molecule has 180 valence electrons. The number of ketones is 1. The Labute approximate surface area is 207 Å². The Balaban J connectivity index is 1.34. The topological polar surface area (TPSA) is 90.5 Å². The summed E-state index contributed by atoms with van der Waals surface area (Å²) in [7, 11) is 2.11. The molecule has 0 bridgehead atoms. The summed E-state index contributed by atoms with van der Waals surface area (Å²) in [5.41, 5.74) is 1.87. The lowest BCUT2D eigenvalue weighted by Crippen LogP contribution is -2.35. The molecule has 2 aromatic carbocycles. The van der Waals surface area contributed by atoms with Crippen molar-refractivity contribution in [2.45, 2.75) is 32.3 Å². The summed E-state index contributed by atoms with van der Waals surface area (Å²) < 4.78 is 13.3. The van der Waals surface area contributed by atoms with Gasteiger partial charge in [0.1, 0.15) is 23.1 Å². The van der Waals surface area contributed by atoms with Crippen LogP contribution in [0.4, 0.5) is 0 Å². The molecule has 0 atom stereocenters. The molecule has 0 aliphatic carbocycles. The molecule has 0 saturated carbocycles.